The minimum atomic E-state index is -0.232. The molecule has 0 heterocycles. The van der Waals surface area contributed by atoms with Crippen molar-refractivity contribution in [3.63, 3.8) is 0 Å². The number of amides is 3. The van der Waals surface area contributed by atoms with E-state index in [4.69, 9.17) is 0 Å². The van der Waals surface area contributed by atoms with Gasteiger partial charge in [-0.1, -0.05) is 31.4 Å². The van der Waals surface area contributed by atoms with Crippen molar-refractivity contribution in [3.8, 4) is 0 Å². The first kappa shape index (κ1) is 21.4. The highest BCUT2D eigenvalue weighted by Crippen LogP contribution is 2.19. The van der Waals surface area contributed by atoms with Crippen LogP contribution in [-0.4, -0.2) is 30.3 Å². The molecule has 0 atom stereocenters. The summed E-state index contributed by atoms with van der Waals surface area (Å²) < 4.78 is 0. The summed E-state index contributed by atoms with van der Waals surface area (Å²) in [6.07, 6.45) is 5.59. The second-order valence-corrected chi connectivity index (χ2v) is 7.55. The molecule has 1 fully saturated rings. The third kappa shape index (κ3) is 6.62. The number of anilines is 3. The lowest BCUT2D eigenvalue weighted by molar-refractivity contribution is -0.115. The third-order valence-corrected chi connectivity index (χ3v) is 4.98. The molecule has 3 amide bonds. The Kier molecular flexibility index (Phi) is 7.43. The molecule has 4 N–H and O–H groups in total. The Morgan fingerprint density at radius 3 is 2.27 bits per heavy atom. The molecule has 0 saturated heterocycles. The molecule has 2 aromatic carbocycles. The summed E-state index contributed by atoms with van der Waals surface area (Å²) in [6.45, 7) is 1.50. The van der Waals surface area contributed by atoms with Gasteiger partial charge in [0.15, 0.2) is 0 Å². The zero-order valence-electron chi connectivity index (χ0n) is 17.2. The lowest BCUT2D eigenvalue weighted by atomic mass is 9.95. The molecule has 0 aromatic heterocycles. The number of nitrogens with one attached hydrogen (secondary N) is 4. The number of hydrogen-bond donors (Lipinski definition) is 4. The van der Waals surface area contributed by atoms with E-state index in [0.29, 0.717) is 16.9 Å². The molecule has 0 bridgehead atoms. The van der Waals surface area contributed by atoms with Gasteiger partial charge in [-0.05, 0) is 49.2 Å². The molecule has 30 heavy (non-hydrogen) atoms. The van der Waals surface area contributed by atoms with Crippen LogP contribution in [0.15, 0.2) is 48.5 Å². The predicted octanol–water partition coefficient (Wildman–Crippen LogP) is 3.76. The minimum absolute atomic E-state index is 0.0576. The van der Waals surface area contributed by atoms with Gasteiger partial charge < -0.3 is 21.3 Å². The number of rotatable bonds is 7. The molecule has 7 heteroatoms. The highest BCUT2D eigenvalue weighted by atomic mass is 16.2. The van der Waals surface area contributed by atoms with Gasteiger partial charge >= 0.3 is 0 Å². The van der Waals surface area contributed by atoms with Crippen molar-refractivity contribution in [1.82, 2.24) is 5.32 Å². The van der Waals surface area contributed by atoms with Crippen molar-refractivity contribution in [2.24, 2.45) is 0 Å². The Balaban J connectivity index is 1.52. The Bertz CT molecular complexity index is 907. The quantitative estimate of drug-likeness (QED) is 0.561. The number of carbonyl (C=O) groups excluding carboxylic acids is 3. The first-order valence-electron chi connectivity index (χ1n) is 10.3. The topological polar surface area (TPSA) is 99.3 Å². The molecule has 3 rings (SSSR count). The number of carbonyl (C=O) groups is 3. The highest BCUT2D eigenvalue weighted by molar-refractivity contribution is 5.98. The maximum Gasteiger partial charge on any atom is 0.251 e. The van der Waals surface area contributed by atoms with Crippen LogP contribution in [0.1, 0.15) is 49.4 Å². The van der Waals surface area contributed by atoms with Crippen LogP contribution >= 0.6 is 0 Å². The summed E-state index contributed by atoms with van der Waals surface area (Å²) in [5.74, 6) is -0.493. The lowest BCUT2D eigenvalue weighted by Crippen LogP contribution is -2.36. The van der Waals surface area contributed by atoms with Gasteiger partial charge in [-0.15, -0.1) is 0 Å². The molecule has 0 spiro atoms. The number of hydrogen-bond acceptors (Lipinski definition) is 4. The van der Waals surface area contributed by atoms with E-state index in [1.54, 1.807) is 42.5 Å². The largest absolute Gasteiger partial charge is 0.376 e. The van der Waals surface area contributed by atoms with E-state index >= 15 is 0 Å². The summed E-state index contributed by atoms with van der Waals surface area (Å²) in [7, 11) is 0. The van der Waals surface area contributed by atoms with Crippen LogP contribution in [0, 0.1) is 0 Å². The van der Waals surface area contributed by atoms with Crippen LogP contribution < -0.4 is 21.3 Å². The number of benzene rings is 2. The molecule has 0 aliphatic heterocycles. The first-order chi connectivity index (χ1) is 14.5. The van der Waals surface area contributed by atoms with E-state index in [2.05, 4.69) is 21.3 Å². The van der Waals surface area contributed by atoms with Gasteiger partial charge in [-0.3, -0.25) is 14.4 Å². The SMILES string of the molecule is CC(=O)Nc1cccc(NCC(=O)Nc2cccc(C(=O)NC3CCCCC3)c2)c1. The summed E-state index contributed by atoms with van der Waals surface area (Å²) in [6, 6.07) is 14.3. The molecule has 0 unspecified atom stereocenters. The van der Waals surface area contributed by atoms with Crippen LogP contribution in [0.2, 0.25) is 0 Å². The standard InChI is InChI=1S/C23H28N4O3/c1-16(28)25-21-12-6-10-19(14-21)24-15-22(29)26-20-11-5-7-17(13-20)23(30)27-18-8-3-2-4-9-18/h5-7,10-14,18,24H,2-4,8-9,15H2,1H3,(H,25,28)(H,26,29)(H,27,30). The van der Waals surface area contributed by atoms with E-state index in [9.17, 15) is 14.4 Å². The average molecular weight is 409 g/mol. The fourth-order valence-electron chi connectivity index (χ4n) is 3.55. The molecule has 1 saturated carbocycles. The molecule has 7 nitrogen and oxygen atoms in total. The van der Waals surface area contributed by atoms with Gasteiger partial charge in [-0.25, -0.2) is 0 Å². The fourth-order valence-corrected chi connectivity index (χ4v) is 3.55. The molecular weight excluding hydrogens is 380 g/mol. The summed E-state index contributed by atoms with van der Waals surface area (Å²) in [5.41, 5.74) is 2.49. The first-order valence-corrected chi connectivity index (χ1v) is 10.3. The molecule has 158 valence electrons. The Hall–Kier alpha value is -3.35. The second-order valence-electron chi connectivity index (χ2n) is 7.55. The van der Waals surface area contributed by atoms with Crippen molar-refractivity contribution in [2.45, 2.75) is 45.1 Å². The van der Waals surface area contributed by atoms with Gasteiger partial charge in [0.1, 0.15) is 0 Å². The van der Waals surface area contributed by atoms with E-state index < -0.39 is 0 Å². The maximum absolute atomic E-state index is 12.5. The van der Waals surface area contributed by atoms with Crippen LogP contribution in [0.4, 0.5) is 17.1 Å². The zero-order valence-corrected chi connectivity index (χ0v) is 17.2. The van der Waals surface area contributed by atoms with E-state index in [1.807, 2.05) is 6.07 Å². The molecular formula is C23H28N4O3. The lowest BCUT2D eigenvalue weighted by Gasteiger charge is -2.22. The van der Waals surface area contributed by atoms with Crippen molar-refractivity contribution >= 4 is 34.8 Å². The predicted molar refractivity (Wildman–Crippen MR) is 119 cm³/mol. The minimum Gasteiger partial charge on any atom is -0.376 e. The highest BCUT2D eigenvalue weighted by Gasteiger charge is 2.17. The van der Waals surface area contributed by atoms with Crippen LogP contribution in [0.3, 0.4) is 0 Å². The van der Waals surface area contributed by atoms with E-state index in [0.717, 1.165) is 31.4 Å². The van der Waals surface area contributed by atoms with Crippen LogP contribution in [-0.2, 0) is 9.59 Å². The van der Waals surface area contributed by atoms with Crippen molar-refractivity contribution in [1.29, 1.82) is 0 Å². The fraction of sp³-hybridized carbons (Fsp3) is 0.348. The van der Waals surface area contributed by atoms with Gasteiger partial charge in [-0.2, -0.15) is 0 Å². The van der Waals surface area contributed by atoms with Gasteiger partial charge in [0.05, 0.1) is 6.54 Å². The van der Waals surface area contributed by atoms with Gasteiger partial charge in [0, 0.05) is 35.6 Å². The molecule has 2 aromatic rings. The van der Waals surface area contributed by atoms with Gasteiger partial charge in [0.2, 0.25) is 11.8 Å². The van der Waals surface area contributed by atoms with Crippen LogP contribution in [0.25, 0.3) is 0 Å². The Labute approximate surface area is 176 Å². The monoisotopic (exact) mass is 408 g/mol. The van der Waals surface area contributed by atoms with Crippen molar-refractivity contribution in [3.05, 3.63) is 54.1 Å². The third-order valence-electron chi connectivity index (χ3n) is 4.98. The Morgan fingerprint density at radius 2 is 1.53 bits per heavy atom. The van der Waals surface area contributed by atoms with E-state index in [1.165, 1.54) is 13.3 Å². The van der Waals surface area contributed by atoms with Crippen LogP contribution in [0.5, 0.6) is 0 Å². The second kappa shape index (κ2) is 10.4. The van der Waals surface area contributed by atoms with Gasteiger partial charge in [0.25, 0.3) is 5.91 Å². The Morgan fingerprint density at radius 1 is 0.867 bits per heavy atom. The van der Waals surface area contributed by atoms with E-state index in [-0.39, 0.29) is 30.3 Å². The normalized spacial score (nSPS) is 13.9. The molecule has 1 aliphatic rings. The van der Waals surface area contributed by atoms with Crippen molar-refractivity contribution in [2.75, 3.05) is 22.5 Å². The van der Waals surface area contributed by atoms with Crippen molar-refractivity contribution < 1.29 is 14.4 Å². The summed E-state index contributed by atoms with van der Waals surface area (Å²) in [4.78, 5) is 36.0. The smallest absolute Gasteiger partial charge is 0.251 e. The summed E-state index contributed by atoms with van der Waals surface area (Å²) in [5, 5.41) is 11.6. The summed E-state index contributed by atoms with van der Waals surface area (Å²) >= 11 is 0. The molecule has 1 aliphatic carbocycles. The zero-order chi connectivity index (χ0) is 21.3. The average Bonchev–Trinajstić information content (AvgIpc) is 2.73. The maximum atomic E-state index is 12.5. The molecule has 0 radical (unpaired) electrons.